The smallest absolute Gasteiger partial charge is 0.146 e. The average Bonchev–Trinajstić information content (AvgIpc) is 2.38. The molecule has 3 heteroatoms. The van der Waals surface area contributed by atoms with Gasteiger partial charge in [0, 0.05) is 19.6 Å². The van der Waals surface area contributed by atoms with Gasteiger partial charge in [-0.3, -0.25) is 0 Å². The van der Waals surface area contributed by atoms with Crippen LogP contribution in [0.4, 0.5) is 10.1 Å². The van der Waals surface area contributed by atoms with Crippen LogP contribution in [0.15, 0.2) is 42.5 Å². The first kappa shape index (κ1) is 14.5. The van der Waals surface area contributed by atoms with Crippen LogP contribution in [0.1, 0.15) is 29.7 Å². The number of nitrogens with two attached hydrogens (primary N) is 1. The van der Waals surface area contributed by atoms with E-state index in [9.17, 15) is 4.39 Å². The Morgan fingerprint density at radius 2 is 1.95 bits per heavy atom. The molecule has 0 spiro atoms. The molecule has 0 aliphatic rings. The largest absolute Gasteiger partial charge is 0.368 e. The monoisotopic (exact) mass is 272 g/mol. The zero-order valence-electron chi connectivity index (χ0n) is 12.2. The van der Waals surface area contributed by atoms with Gasteiger partial charge in [0.1, 0.15) is 5.82 Å². The molecule has 0 saturated heterocycles. The molecule has 0 radical (unpaired) electrons. The van der Waals surface area contributed by atoms with Crippen molar-refractivity contribution in [3.63, 3.8) is 0 Å². The predicted molar refractivity (Wildman–Crippen MR) is 82.3 cm³/mol. The van der Waals surface area contributed by atoms with Gasteiger partial charge in [-0.05, 0) is 37.1 Å². The lowest BCUT2D eigenvalue weighted by molar-refractivity contribution is 0.617. The highest BCUT2D eigenvalue weighted by molar-refractivity contribution is 5.49. The second-order valence-electron chi connectivity index (χ2n) is 5.34. The SMILES string of the molecule is Cc1cccc(CN(C)c2ccc([C@H](C)N)cc2F)c1. The van der Waals surface area contributed by atoms with Gasteiger partial charge < -0.3 is 10.6 Å². The molecular formula is C17H21FN2. The molecule has 0 aliphatic heterocycles. The Kier molecular flexibility index (Phi) is 4.40. The minimum Gasteiger partial charge on any atom is -0.368 e. The van der Waals surface area contributed by atoms with Crippen molar-refractivity contribution in [1.82, 2.24) is 0 Å². The zero-order valence-corrected chi connectivity index (χ0v) is 12.2. The number of halogens is 1. The molecule has 0 aromatic heterocycles. The molecule has 0 saturated carbocycles. The molecule has 2 nitrogen and oxygen atoms in total. The summed E-state index contributed by atoms with van der Waals surface area (Å²) in [5.74, 6) is -0.227. The molecule has 2 N–H and O–H groups in total. The van der Waals surface area contributed by atoms with E-state index in [-0.39, 0.29) is 11.9 Å². The number of benzene rings is 2. The summed E-state index contributed by atoms with van der Waals surface area (Å²) in [4.78, 5) is 1.91. The Balaban J connectivity index is 2.19. The van der Waals surface area contributed by atoms with Crippen LogP contribution in [0.2, 0.25) is 0 Å². The first-order valence-electron chi connectivity index (χ1n) is 6.79. The van der Waals surface area contributed by atoms with Crippen molar-refractivity contribution in [2.45, 2.75) is 26.4 Å². The van der Waals surface area contributed by atoms with Crippen molar-refractivity contribution in [3.8, 4) is 0 Å². The summed E-state index contributed by atoms with van der Waals surface area (Å²) in [7, 11) is 1.90. The minimum absolute atomic E-state index is 0.152. The van der Waals surface area contributed by atoms with Gasteiger partial charge in [-0.1, -0.05) is 35.9 Å². The van der Waals surface area contributed by atoms with E-state index >= 15 is 0 Å². The van der Waals surface area contributed by atoms with Crippen LogP contribution in [0.25, 0.3) is 0 Å². The summed E-state index contributed by atoms with van der Waals surface area (Å²) in [6.07, 6.45) is 0. The number of rotatable bonds is 4. The van der Waals surface area contributed by atoms with Gasteiger partial charge in [0.2, 0.25) is 0 Å². The maximum atomic E-state index is 14.1. The van der Waals surface area contributed by atoms with Gasteiger partial charge in [0.05, 0.1) is 5.69 Å². The third-order valence-electron chi connectivity index (χ3n) is 3.41. The Bertz CT molecular complexity index is 593. The second-order valence-corrected chi connectivity index (χ2v) is 5.34. The minimum atomic E-state index is -0.227. The van der Waals surface area contributed by atoms with E-state index in [1.54, 1.807) is 6.07 Å². The lowest BCUT2D eigenvalue weighted by Crippen LogP contribution is -2.18. The predicted octanol–water partition coefficient (Wildman–Crippen LogP) is 3.79. The molecule has 0 fully saturated rings. The van der Waals surface area contributed by atoms with Crippen molar-refractivity contribution in [1.29, 1.82) is 0 Å². The van der Waals surface area contributed by atoms with E-state index in [1.807, 2.05) is 31.0 Å². The number of nitrogens with zero attached hydrogens (tertiary/aromatic N) is 1. The molecule has 0 unspecified atom stereocenters. The molecule has 106 valence electrons. The average molecular weight is 272 g/mol. The van der Waals surface area contributed by atoms with Crippen molar-refractivity contribution in [2.24, 2.45) is 5.73 Å². The van der Waals surface area contributed by atoms with Gasteiger partial charge in [-0.15, -0.1) is 0 Å². The van der Waals surface area contributed by atoms with Gasteiger partial charge in [-0.25, -0.2) is 4.39 Å². The molecule has 1 atom stereocenters. The van der Waals surface area contributed by atoms with Gasteiger partial charge >= 0.3 is 0 Å². The van der Waals surface area contributed by atoms with E-state index in [0.29, 0.717) is 12.2 Å². The molecular weight excluding hydrogens is 251 g/mol. The summed E-state index contributed by atoms with van der Waals surface area (Å²) < 4.78 is 14.1. The first-order valence-corrected chi connectivity index (χ1v) is 6.79. The van der Waals surface area contributed by atoms with E-state index in [4.69, 9.17) is 5.73 Å². The van der Waals surface area contributed by atoms with Crippen molar-refractivity contribution >= 4 is 5.69 Å². The maximum Gasteiger partial charge on any atom is 0.146 e. The number of anilines is 1. The van der Waals surface area contributed by atoms with E-state index in [1.165, 1.54) is 17.2 Å². The highest BCUT2D eigenvalue weighted by atomic mass is 19.1. The van der Waals surface area contributed by atoms with Gasteiger partial charge in [0.25, 0.3) is 0 Å². The third-order valence-corrected chi connectivity index (χ3v) is 3.41. The summed E-state index contributed by atoms with van der Waals surface area (Å²) in [5, 5.41) is 0. The molecule has 20 heavy (non-hydrogen) atoms. The molecule has 2 aromatic rings. The van der Waals surface area contributed by atoms with Gasteiger partial charge in [0.15, 0.2) is 0 Å². The molecule has 0 amide bonds. The Labute approximate surface area is 120 Å². The van der Waals surface area contributed by atoms with Crippen molar-refractivity contribution in [2.75, 3.05) is 11.9 Å². The molecule has 0 bridgehead atoms. The van der Waals surface area contributed by atoms with Crippen LogP contribution in [0.3, 0.4) is 0 Å². The lowest BCUT2D eigenvalue weighted by atomic mass is 10.1. The Morgan fingerprint density at radius 3 is 2.55 bits per heavy atom. The quantitative estimate of drug-likeness (QED) is 0.917. The van der Waals surface area contributed by atoms with Crippen LogP contribution in [-0.2, 0) is 6.54 Å². The van der Waals surface area contributed by atoms with Crippen LogP contribution in [0.5, 0.6) is 0 Å². The van der Waals surface area contributed by atoms with Crippen molar-refractivity contribution < 1.29 is 4.39 Å². The second kappa shape index (κ2) is 6.06. The van der Waals surface area contributed by atoms with Crippen molar-refractivity contribution in [3.05, 3.63) is 65.0 Å². The lowest BCUT2D eigenvalue weighted by Gasteiger charge is -2.21. The molecule has 2 rings (SSSR count). The van der Waals surface area contributed by atoms with Crippen LogP contribution in [0, 0.1) is 12.7 Å². The summed E-state index contributed by atoms with van der Waals surface area (Å²) in [6, 6.07) is 13.3. The van der Waals surface area contributed by atoms with E-state index in [0.717, 1.165) is 5.56 Å². The Morgan fingerprint density at radius 1 is 1.20 bits per heavy atom. The third kappa shape index (κ3) is 3.36. The number of hydrogen-bond donors (Lipinski definition) is 1. The standard InChI is InChI=1S/C17H21FN2/c1-12-5-4-6-14(9-12)11-20(3)17-8-7-15(13(2)19)10-16(17)18/h4-10,13H,11,19H2,1-3H3/t13-/m0/s1. The number of aryl methyl sites for hydroxylation is 1. The summed E-state index contributed by atoms with van der Waals surface area (Å²) in [5.41, 5.74) is 9.56. The molecule has 0 aliphatic carbocycles. The van der Waals surface area contributed by atoms with Gasteiger partial charge in [-0.2, -0.15) is 0 Å². The first-order chi connectivity index (χ1) is 9.47. The molecule has 0 heterocycles. The topological polar surface area (TPSA) is 29.3 Å². The van der Waals surface area contributed by atoms with Crippen LogP contribution < -0.4 is 10.6 Å². The zero-order chi connectivity index (χ0) is 14.7. The highest BCUT2D eigenvalue weighted by Gasteiger charge is 2.10. The fraction of sp³-hybridized carbons (Fsp3) is 0.294. The maximum absolute atomic E-state index is 14.1. The number of hydrogen-bond acceptors (Lipinski definition) is 2. The van der Waals surface area contributed by atoms with Crippen LogP contribution in [-0.4, -0.2) is 7.05 Å². The normalized spacial score (nSPS) is 12.2. The fourth-order valence-electron chi connectivity index (χ4n) is 2.29. The summed E-state index contributed by atoms with van der Waals surface area (Å²) >= 11 is 0. The van der Waals surface area contributed by atoms with E-state index < -0.39 is 0 Å². The fourth-order valence-corrected chi connectivity index (χ4v) is 2.29. The summed E-state index contributed by atoms with van der Waals surface area (Å²) in [6.45, 7) is 4.59. The Hall–Kier alpha value is -1.87. The van der Waals surface area contributed by atoms with E-state index in [2.05, 4.69) is 25.1 Å². The highest BCUT2D eigenvalue weighted by Crippen LogP contribution is 2.23. The van der Waals surface area contributed by atoms with Crippen LogP contribution >= 0.6 is 0 Å². The molecule has 2 aromatic carbocycles.